The van der Waals surface area contributed by atoms with Gasteiger partial charge in [-0.1, -0.05) is 55.5 Å². The number of ether oxygens (including phenoxy) is 1. The minimum Gasteiger partial charge on any atom is -0.497 e. The maximum atomic E-state index is 13.5. The summed E-state index contributed by atoms with van der Waals surface area (Å²) in [6.07, 6.45) is 1.68. The van der Waals surface area contributed by atoms with Gasteiger partial charge in [0.25, 0.3) is 0 Å². The summed E-state index contributed by atoms with van der Waals surface area (Å²) in [4.78, 5) is 19.1. The molecule has 0 saturated heterocycles. The van der Waals surface area contributed by atoms with Crippen molar-refractivity contribution < 1.29 is 9.53 Å². The summed E-state index contributed by atoms with van der Waals surface area (Å²) in [5.41, 5.74) is 6.54. The number of anilines is 1. The van der Waals surface area contributed by atoms with Crippen molar-refractivity contribution in [2.45, 2.75) is 25.8 Å². The van der Waals surface area contributed by atoms with Crippen molar-refractivity contribution in [1.82, 2.24) is 9.88 Å². The topological polar surface area (TPSA) is 57.4 Å². The number of H-pyrrole nitrogens is 1. The minimum absolute atomic E-state index is 0.0870. The molecular formula is C27H27N3O2. The van der Waals surface area contributed by atoms with Crippen molar-refractivity contribution in [3.8, 4) is 5.75 Å². The summed E-state index contributed by atoms with van der Waals surface area (Å²) in [5.74, 6) is 0.800. The summed E-state index contributed by atoms with van der Waals surface area (Å²) in [6.45, 7) is 2.74. The number of nitrogens with one attached hydrogen (secondary N) is 2. The summed E-state index contributed by atoms with van der Waals surface area (Å²) < 4.78 is 5.35. The lowest BCUT2D eigenvalue weighted by Crippen LogP contribution is -2.43. The Morgan fingerprint density at radius 3 is 2.59 bits per heavy atom. The Morgan fingerprint density at radius 1 is 1.06 bits per heavy atom. The van der Waals surface area contributed by atoms with Crippen LogP contribution in [-0.2, 0) is 12.8 Å². The van der Waals surface area contributed by atoms with Gasteiger partial charge in [-0.15, -0.1) is 0 Å². The van der Waals surface area contributed by atoms with Crippen LogP contribution in [-0.4, -0.2) is 29.6 Å². The highest BCUT2D eigenvalue weighted by molar-refractivity contribution is 5.92. The van der Waals surface area contributed by atoms with Gasteiger partial charge in [-0.3, -0.25) is 0 Å². The molecule has 5 nitrogen and oxygen atoms in total. The summed E-state index contributed by atoms with van der Waals surface area (Å²) >= 11 is 0. The number of nitrogens with zero attached hydrogens (tertiary/aromatic N) is 1. The van der Waals surface area contributed by atoms with Gasteiger partial charge in [-0.25, -0.2) is 4.79 Å². The number of carbonyl (C=O) groups excluding carboxylic acids is 1. The van der Waals surface area contributed by atoms with Crippen LogP contribution in [0, 0.1) is 0 Å². The van der Waals surface area contributed by atoms with Gasteiger partial charge in [-0.05, 0) is 53.8 Å². The molecule has 0 aliphatic carbocycles. The fraction of sp³-hybridized carbons (Fsp3) is 0.222. The fourth-order valence-electron chi connectivity index (χ4n) is 4.73. The lowest BCUT2D eigenvalue weighted by Gasteiger charge is -2.36. The smallest absolute Gasteiger partial charge is 0.322 e. The van der Waals surface area contributed by atoms with Crippen molar-refractivity contribution in [3.05, 3.63) is 95.2 Å². The van der Waals surface area contributed by atoms with Crippen LogP contribution in [0.4, 0.5) is 10.5 Å². The number of aromatic amines is 1. The van der Waals surface area contributed by atoms with Crippen LogP contribution in [0.5, 0.6) is 5.75 Å². The van der Waals surface area contributed by atoms with Gasteiger partial charge in [0.05, 0.1) is 13.2 Å². The zero-order valence-corrected chi connectivity index (χ0v) is 18.4. The molecule has 3 aromatic carbocycles. The van der Waals surface area contributed by atoms with E-state index in [4.69, 9.17) is 4.74 Å². The Labute approximate surface area is 188 Å². The average molecular weight is 426 g/mol. The lowest BCUT2D eigenvalue weighted by atomic mass is 9.92. The van der Waals surface area contributed by atoms with Crippen LogP contribution in [0.2, 0.25) is 0 Å². The van der Waals surface area contributed by atoms with Gasteiger partial charge in [-0.2, -0.15) is 0 Å². The highest BCUT2D eigenvalue weighted by Crippen LogP contribution is 2.39. The SMILES string of the molecule is CCc1ccccc1NC(=O)N1CCc2c([nH]c3ccccc23)C1c1ccc(OC)cc1. The number of aryl methyl sites for hydroxylation is 1. The predicted molar refractivity (Wildman–Crippen MR) is 128 cm³/mol. The number of urea groups is 1. The lowest BCUT2D eigenvalue weighted by molar-refractivity contribution is 0.193. The van der Waals surface area contributed by atoms with E-state index in [0.29, 0.717) is 6.54 Å². The van der Waals surface area contributed by atoms with Crippen LogP contribution in [0.3, 0.4) is 0 Å². The average Bonchev–Trinajstić information content (AvgIpc) is 3.22. The number of methoxy groups -OCH3 is 1. The van der Waals surface area contributed by atoms with Crippen LogP contribution >= 0.6 is 0 Å². The molecule has 0 bridgehead atoms. The Morgan fingerprint density at radius 2 is 1.81 bits per heavy atom. The second-order valence-corrected chi connectivity index (χ2v) is 8.12. The Balaban J connectivity index is 1.57. The van der Waals surface area contributed by atoms with E-state index in [0.717, 1.165) is 46.6 Å². The first-order valence-electron chi connectivity index (χ1n) is 11.1. The highest BCUT2D eigenvalue weighted by atomic mass is 16.5. The molecule has 0 radical (unpaired) electrons. The fourth-order valence-corrected chi connectivity index (χ4v) is 4.73. The molecule has 5 heteroatoms. The first-order chi connectivity index (χ1) is 15.7. The number of amides is 2. The minimum atomic E-state index is -0.203. The molecule has 0 saturated carbocycles. The van der Waals surface area contributed by atoms with Crippen LogP contribution in [0.25, 0.3) is 10.9 Å². The maximum absolute atomic E-state index is 13.5. The summed E-state index contributed by atoms with van der Waals surface area (Å²) in [7, 11) is 1.66. The van der Waals surface area contributed by atoms with Crippen molar-refractivity contribution in [2.75, 3.05) is 19.0 Å². The molecule has 1 atom stereocenters. The van der Waals surface area contributed by atoms with Crippen LogP contribution in [0.15, 0.2) is 72.8 Å². The predicted octanol–water partition coefficient (Wildman–Crippen LogP) is 5.92. The molecule has 4 aromatic rings. The first kappa shape index (κ1) is 20.2. The molecule has 1 aliphatic rings. The van der Waals surface area contributed by atoms with Crippen molar-refractivity contribution in [1.29, 1.82) is 0 Å². The normalized spacial score (nSPS) is 15.4. The molecule has 2 N–H and O–H groups in total. The third-order valence-corrected chi connectivity index (χ3v) is 6.37. The number of rotatable bonds is 4. The molecule has 162 valence electrons. The quantitative estimate of drug-likeness (QED) is 0.426. The van der Waals surface area contributed by atoms with Crippen molar-refractivity contribution >= 4 is 22.6 Å². The monoisotopic (exact) mass is 425 g/mol. The molecule has 2 amide bonds. The Bertz CT molecular complexity index is 1260. The zero-order chi connectivity index (χ0) is 22.1. The number of hydrogen-bond donors (Lipinski definition) is 2. The largest absolute Gasteiger partial charge is 0.497 e. The first-order valence-corrected chi connectivity index (χ1v) is 11.1. The summed E-state index contributed by atoms with van der Waals surface area (Å²) in [5, 5.41) is 4.40. The number of fused-ring (bicyclic) bond motifs is 3. The van der Waals surface area contributed by atoms with E-state index in [1.54, 1.807) is 7.11 Å². The third-order valence-electron chi connectivity index (χ3n) is 6.37. The van der Waals surface area contributed by atoms with Gasteiger partial charge in [0.2, 0.25) is 0 Å². The second-order valence-electron chi connectivity index (χ2n) is 8.12. The van der Waals surface area contributed by atoms with E-state index in [9.17, 15) is 4.79 Å². The summed E-state index contributed by atoms with van der Waals surface area (Å²) in [6, 6.07) is 24.1. The number of benzene rings is 3. The van der Waals surface area contributed by atoms with Gasteiger partial charge < -0.3 is 19.9 Å². The molecule has 1 aliphatic heterocycles. The maximum Gasteiger partial charge on any atom is 0.322 e. The van der Waals surface area contributed by atoms with E-state index >= 15 is 0 Å². The van der Waals surface area contributed by atoms with E-state index in [1.807, 2.05) is 53.4 Å². The van der Waals surface area contributed by atoms with E-state index in [-0.39, 0.29) is 12.1 Å². The molecule has 5 rings (SSSR count). The Hall–Kier alpha value is -3.73. The van der Waals surface area contributed by atoms with Crippen LogP contribution < -0.4 is 10.1 Å². The van der Waals surface area contributed by atoms with E-state index in [2.05, 4.69) is 41.5 Å². The number of para-hydroxylation sites is 2. The molecule has 32 heavy (non-hydrogen) atoms. The number of carbonyl (C=O) groups is 1. The van der Waals surface area contributed by atoms with Crippen LogP contribution in [0.1, 0.15) is 35.3 Å². The van der Waals surface area contributed by atoms with Gasteiger partial charge in [0.15, 0.2) is 0 Å². The number of hydrogen-bond acceptors (Lipinski definition) is 2. The second kappa shape index (κ2) is 8.42. The van der Waals surface area contributed by atoms with E-state index in [1.165, 1.54) is 10.9 Å². The molecule has 0 spiro atoms. The number of aromatic nitrogens is 1. The van der Waals surface area contributed by atoms with E-state index < -0.39 is 0 Å². The molecule has 1 unspecified atom stereocenters. The van der Waals surface area contributed by atoms with Crippen molar-refractivity contribution in [2.24, 2.45) is 0 Å². The highest BCUT2D eigenvalue weighted by Gasteiger charge is 2.34. The Kier molecular flexibility index (Phi) is 5.31. The third kappa shape index (κ3) is 3.50. The standard InChI is InChI=1S/C27H27N3O2/c1-3-18-8-4-6-10-23(18)29-27(31)30-17-16-22-21-9-5-7-11-24(21)28-25(22)26(30)19-12-14-20(32-2)15-13-19/h4-15,26,28H,3,16-17H2,1-2H3,(H,29,31). The van der Waals surface area contributed by atoms with Gasteiger partial charge >= 0.3 is 6.03 Å². The zero-order valence-electron chi connectivity index (χ0n) is 18.4. The van der Waals surface area contributed by atoms with Gasteiger partial charge in [0, 0.05) is 28.8 Å². The van der Waals surface area contributed by atoms with Gasteiger partial charge in [0.1, 0.15) is 5.75 Å². The molecule has 0 fully saturated rings. The molecule has 2 heterocycles. The molecular weight excluding hydrogens is 398 g/mol. The van der Waals surface area contributed by atoms with Crippen molar-refractivity contribution in [3.63, 3.8) is 0 Å². The molecule has 1 aromatic heterocycles.